The maximum absolute atomic E-state index is 14.6. The van der Waals surface area contributed by atoms with Crippen LogP contribution in [0.1, 0.15) is 41.0 Å². The number of nitrogens with one attached hydrogen (secondary N) is 1. The molecule has 3 amide bonds. The largest absolute Gasteiger partial charge is 0.497 e. The Morgan fingerprint density at radius 1 is 0.826 bits per heavy atom. The molecule has 9 nitrogen and oxygen atoms in total. The summed E-state index contributed by atoms with van der Waals surface area (Å²) in [6, 6.07) is 29.6. The van der Waals surface area contributed by atoms with Gasteiger partial charge in [-0.3, -0.25) is 14.5 Å². The van der Waals surface area contributed by atoms with Gasteiger partial charge in [0.2, 0.25) is 0 Å². The number of amides is 3. The van der Waals surface area contributed by atoms with Gasteiger partial charge in [0.05, 0.1) is 26.7 Å². The highest BCUT2D eigenvalue weighted by Gasteiger charge is 2.66. The van der Waals surface area contributed by atoms with Crippen molar-refractivity contribution in [2.24, 2.45) is 11.8 Å². The molecule has 4 aromatic rings. The standard InChI is InChI=1S/C37H34N2O7/c1-43-25-15-11-23(12-16-25)21-39-35(41)37(38-36(39)42,31-19-29(31)34(40)45-22-24-13-17-26(44-2)18-14-24)20-30-27-7-3-5-9-32(27)46-33-10-6-4-8-28(30)33/h3-18,29-31H,19-22H2,1-2H3,(H,38,42)/t29-,31-,37+/m0/s1. The monoisotopic (exact) mass is 618 g/mol. The van der Waals surface area contributed by atoms with Crippen LogP contribution in [0.15, 0.2) is 97.1 Å². The van der Waals surface area contributed by atoms with E-state index in [1.54, 1.807) is 26.4 Å². The van der Waals surface area contributed by atoms with Crippen molar-refractivity contribution in [3.8, 4) is 23.0 Å². The fraction of sp³-hybridized carbons (Fsp3) is 0.270. The number of nitrogens with zero attached hydrogens (tertiary/aromatic N) is 1. The minimum Gasteiger partial charge on any atom is -0.497 e. The number of hydrogen-bond acceptors (Lipinski definition) is 7. The lowest BCUT2D eigenvalue weighted by atomic mass is 9.75. The Hall–Kier alpha value is -5.31. The number of para-hydroxylation sites is 2. The molecule has 2 aliphatic heterocycles. The normalized spacial score (nSPS) is 21.5. The fourth-order valence-electron chi connectivity index (χ4n) is 6.78. The van der Waals surface area contributed by atoms with E-state index in [1.807, 2.05) is 84.9 Å². The Morgan fingerprint density at radius 2 is 1.39 bits per heavy atom. The van der Waals surface area contributed by atoms with Crippen molar-refractivity contribution < 1.29 is 33.3 Å². The molecule has 3 aliphatic rings. The summed E-state index contributed by atoms with van der Waals surface area (Å²) in [6.45, 7) is 0.195. The van der Waals surface area contributed by atoms with Crippen molar-refractivity contribution >= 4 is 17.9 Å². The van der Waals surface area contributed by atoms with E-state index in [9.17, 15) is 14.4 Å². The van der Waals surface area contributed by atoms with Crippen LogP contribution in [0.2, 0.25) is 0 Å². The van der Waals surface area contributed by atoms with Crippen LogP contribution in [-0.2, 0) is 27.5 Å². The first-order valence-corrected chi connectivity index (χ1v) is 15.3. The van der Waals surface area contributed by atoms with Crippen LogP contribution >= 0.6 is 0 Å². The third-order valence-corrected chi connectivity index (χ3v) is 9.30. The second-order valence-corrected chi connectivity index (χ2v) is 12.0. The molecular weight excluding hydrogens is 584 g/mol. The Bertz CT molecular complexity index is 1740. The maximum atomic E-state index is 14.6. The van der Waals surface area contributed by atoms with Gasteiger partial charge in [0.1, 0.15) is 35.1 Å². The Kier molecular flexibility index (Phi) is 7.60. The van der Waals surface area contributed by atoms with E-state index in [-0.39, 0.29) is 37.4 Å². The molecule has 0 unspecified atom stereocenters. The molecule has 0 aromatic heterocycles. The van der Waals surface area contributed by atoms with Gasteiger partial charge in [0, 0.05) is 23.0 Å². The van der Waals surface area contributed by atoms with Gasteiger partial charge in [-0.15, -0.1) is 0 Å². The van der Waals surface area contributed by atoms with Crippen LogP contribution in [0, 0.1) is 11.8 Å². The number of fused-ring (bicyclic) bond motifs is 2. The highest BCUT2D eigenvalue weighted by molar-refractivity contribution is 6.08. The molecule has 0 spiro atoms. The van der Waals surface area contributed by atoms with Gasteiger partial charge in [-0.25, -0.2) is 4.79 Å². The minimum absolute atomic E-state index is 0.0939. The van der Waals surface area contributed by atoms with Crippen LogP contribution in [0.25, 0.3) is 0 Å². The summed E-state index contributed by atoms with van der Waals surface area (Å²) >= 11 is 0. The molecule has 1 aliphatic carbocycles. The Balaban J connectivity index is 1.19. The second-order valence-electron chi connectivity index (χ2n) is 12.0. The lowest BCUT2D eigenvalue weighted by molar-refractivity contribution is -0.147. The average Bonchev–Trinajstić information content (AvgIpc) is 3.87. The first-order chi connectivity index (χ1) is 22.4. The zero-order valence-corrected chi connectivity index (χ0v) is 25.6. The SMILES string of the molecule is COc1ccc(COC(=O)[C@H]2C[C@@H]2[C@@]2(CC3c4ccccc4Oc4ccccc43)NC(=O)N(Cc3ccc(OC)cc3)C2=O)cc1. The van der Waals surface area contributed by atoms with E-state index >= 15 is 0 Å². The quantitative estimate of drug-likeness (QED) is 0.167. The van der Waals surface area contributed by atoms with Crippen LogP contribution in [0.3, 0.4) is 0 Å². The Labute approximate surface area is 267 Å². The molecule has 234 valence electrons. The predicted octanol–water partition coefficient (Wildman–Crippen LogP) is 6.20. The molecule has 1 saturated carbocycles. The van der Waals surface area contributed by atoms with Crippen LogP contribution < -0.4 is 19.5 Å². The predicted molar refractivity (Wildman–Crippen MR) is 169 cm³/mol. The third-order valence-electron chi connectivity index (χ3n) is 9.30. The second kappa shape index (κ2) is 11.9. The number of ether oxygens (including phenoxy) is 4. The summed E-state index contributed by atoms with van der Waals surface area (Å²) < 4.78 is 22.4. The number of imide groups is 1. The number of urea groups is 1. The topological polar surface area (TPSA) is 103 Å². The molecule has 2 fully saturated rings. The fourth-order valence-corrected chi connectivity index (χ4v) is 6.78. The molecule has 1 N–H and O–H groups in total. The number of hydrogen-bond donors (Lipinski definition) is 1. The van der Waals surface area contributed by atoms with Gasteiger partial charge in [0.25, 0.3) is 5.91 Å². The Morgan fingerprint density at radius 3 is 1.98 bits per heavy atom. The van der Waals surface area contributed by atoms with E-state index in [2.05, 4.69) is 5.32 Å². The molecule has 7 rings (SSSR count). The lowest BCUT2D eigenvalue weighted by Gasteiger charge is -2.35. The number of methoxy groups -OCH3 is 2. The summed E-state index contributed by atoms with van der Waals surface area (Å²) in [7, 11) is 3.18. The summed E-state index contributed by atoms with van der Waals surface area (Å²) in [4.78, 5) is 42.9. The van der Waals surface area contributed by atoms with Crippen molar-refractivity contribution in [1.29, 1.82) is 0 Å². The molecule has 0 radical (unpaired) electrons. The van der Waals surface area contributed by atoms with Crippen molar-refractivity contribution in [1.82, 2.24) is 10.2 Å². The van der Waals surface area contributed by atoms with Crippen molar-refractivity contribution in [2.75, 3.05) is 14.2 Å². The van der Waals surface area contributed by atoms with E-state index in [0.717, 1.165) is 22.3 Å². The molecule has 3 atom stereocenters. The summed E-state index contributed by atoms with van der Waals surface area (Å²) in [5.74, 6) is 0.853. The van der Waals surface area contributed by atoms with Gasteiger partial charge < -0.3 is 24.3 Å². The summed E-state index contributed by atoms with van der Waals surface area (Å²) in [6.07, 6.45) is 0.692. The van der Waals surface area contributed by atoms with Gasteiger partial charge >= 0.3 is 12.0 Å². The number of esters is 1. The van der Waals surface area contributed by atoms with Gasteiger partial charge in [-0.05, 0) is 60.4 Å². The average molecular weight is 619 g/mol. The van der Waals surface area contributed by atoms with Gasteiger partial charge in [-0.2, -0.15) is 0 Å². The van der Waals surface area contributed by atoms with Crippen molar-refractivity contribution in [2.45, 2.75) is 37.5 Å². The molecule has 9 heteroatoms. The van der Waals surface area contributed by atoms with Crippen LogP contribution in [0.4, 0.5) is 4.79 Å². The molecule has 4 aromatic carbocycles. The number of carbonyl (C=O) groups excluding carboxylic acids is 3. The number of rotatable bonds is 10. The van der Waals surface area contributed by atoms with Crippen molar-refractivity contribution in [3.63, 3.8) is 0 Å². The maximum Gasteiger partial charge on any atom is 0.325 e. The highest BCUT2D eigenvalue weighted by atomic mass is 16.5. The molecule has 0 bridgehead atoms. The van der Waals surface area contributed by atoms with Crippen LogP contribution in [-0.4, -0.2) is 42.6 Å². The van der Waals surface area contributed by atoms with E-state index in [4.69, 9.17) is 18.9 Å². The molecule has 2 heterocycles. The molecule has 1 saturated heterocycles. The first kappa shape index (κ1) is 29.4. The zero-order chi connectivity index (χ0) is 31.8. The lowest BCUT2D eigenvalue weighted by Crippen LogP contribution is -2.51. The van der Waals surface area contributed by atoms with E-state index < -0.39 is 23.4 Å². The summed E-state index contributed by atoms with van der Waals surface area (Å²) in [5.41, 5.74) is 2.14. The highest BCUT2D eigenvalue weighted by Crippen LogP contribution is 2.56. The van der Waals surface area contributed by atoms with E-state index in [0.29, 0.717) is 29.4 Å². The summed E-state index contributed by atoms with van der Waals surface area (Å²) in [5, 5.41) is 3.10. The number of benzene rings is 4. The molecule has 46 heavy (non-hydrogen) atoms. The van der Waals surface area contributed by atoms with E-state index in [1.165, 1.54) is 4.90 Å². The molecular formula is C37H34N2O7. The van der Waals surface area contributed by atoms with Gasteiger partial charge in [0.15, 0.2) is 0 Å². The number of carbonyl (C=O) groups is 3. The minimum atomic E-state index is -1.32. The first-order valence-electron chi connectivity index (χ1n) is 15.3. The van der Waals surface area contributed by atoms with Crippen molar-refractivity contribution in [3.05, 3.63) is 119 Å². The third kappa shape index (κ3) is 5.31. The smallest absolute Gasteiger partial charge is 0.325 e. The zero-order valence-electron chi connectivity index (χ0n) is 25.6. The van der Waals surface area contributed by atoms with Gasteiger partial charge in [-0.1, -0.05) is 60.7 Å². The van der Waals surface area contributed by atoms with Crippen LogP contribution in [0.5, 0.6) is 23.0 Å².